The molecule has 1 atom stereocenters. The predicted molar refractivity (Wildman–Crippen MR) is 111 cm³/mol. The third-order valence-electron chi connectivity index (χ3n) is 3.91. The lowest BCUT2D eigenvalue weighted by Gasteiger charge is -2.14. The second-order valence-electron chi connectivity index (χ2n) is 5.83. The molecular formula is C21H22ClNO6. The van der Waals surface area contributed by atoms with E-state index in [4.69, 9.17) is 30.5 Å². The van der Waals surface area contributed by atoms with Gasteiger partial charge in [0.25, 0.3) is 5.91 Å². The Morgan fingerprint density at radius 3 is 2.41 bits per heavy atom. The number of rotatable bonds is 8. The summed E-state index contributed by atoms with van der Waals surface area (Å²) >= 11 is 5.95. The van der Waals surface area contributed by atoms with Crippen LogP contribution < -0.4 is 19.5 Å². The molecule has 0 unspecified atom stereocenters. The van der Waals surface area contributed by atoms with Gasteiger partial charge in [-0.15, -0.1) is 0 Å². The zero-order valence-electron chi connectivity index (χ0n) is 16.5. The van der Waals surface area contributed by atoms with Crippen LogP contribution in [0.2, 0.25) is 5.02 Å². The summed E-state index contributed by atoms with van der Waals surface area (Å²) in [5, 5.41) is 3.06. The van der Waals surface area contributed by atoms with Gasteiger partial charge in [-0.1, -0.05) is 23.7 Å². The number of nitrogens with one attached hydrogen (secondary N) is 1. The molecule has 0 saturated heterocycles. The van der Waals surface area contributed by atoms with Crippen LogP contribution in [0.4, 0.5) is 5.69 Å². The fourth-order valence-electron chi connectivity index (χ4n) is 2.48. The van der Waals surface area contributed by atoms with Crippen molar-refractivity contribution in [3.63, 3.8) is 0 Å². The number of benzene rings is 2. The van der Waals surface area contributed by atoms with E-state index in [9.17, 15) is 9.59 Å². The molecule has 29 heavy (non-hydrogen) atoms. The van der Waals surface area contributed by atoms with Gasteiger partial charge < -0.3 is 24.3 Å². The van der Waals surface area contributed by atoms with E-state index >= 15 is 0 Å². The zero-order valence-corrected chi connectivity index (χ0v) is 17.3. The van der Waals surface area contributed by atoms with Crippen molar-refractivity contribution in [2.45, 2.75) is 13.0 Å². The minimum absolute atomic E-state index is 0.379. The molecule has 154 valence electrons. The van der Waals surface area contributed by atoms with Gasteiger partial charge in [-0.3, -0.25) is 4.79 Å². The van der Waals surface area contributed by atoms with Crippen LogP contribution in [0.25, 0.3) is 6.08 Å². The number of hydrogen-bond donors (Lipinski definition) is 1. The maximum Gasteiger partial charge on any atom is 0.331 e. The first kappa shape index (κ1) is 22.1. The number of halogens is 1. The summed E-state index contributed by atoms with van der Waals surface area (Å²) in [4.78, 5) is 24.4. The van der Waals surface area contributed by atoms with E-state index in [1.807, 2.05) is 0 Å². The number of carbonyl (C=O) groups is 2. The van der Waals surface area contributed by atoms with Crippen molar-refractivity contribution in [1.29, 1.82) is 0 Å². The van der Waals surface area contributed by atoms with Crippen LogP contribution >= 0.6 is 11.6 Å². The molecule has 0 fully saturated rings. The second kappa shape index (κ2) is 10.4. The predicted octanol–water partition coefficient (Wildman–Crippen LogP) is 3.95. The van der Waals surface area contributed by atoms with Gasteiger partial charge in [-0.05, 0) is 37.3 Å². The summed E-state index contributed by atoms with van der Waals surface area (Å²) in [6.07, 6.45) is 1.69. The van der Waals surface area contributed by atoms with Gasteiger partial charge >= 0.3 is 5.97 Å². The highest BCUT2D eigenvalue weighted by Gasteiger charge is 2.18. The van der Waals surface area contributed by atoms with Crippen LogP contribution in [0.3, 0.4) is 0 Å². The lowest BCUT2D eigenvalue weighted by Crippen LogP contribution is -2.29. The summed E-state index contributed by atoms with van der Waals surface area (Å²) in [7, 11) is 4.50. The van der Waals surface area contributed by atoms with Crippen molar-refractivity contribution in [3.05, 3.63) is 53.1 Å². The van der Waals surface area contributed by atoms with Crippen molar-refractivity contribution in [2.75, 3.05) is 26.6 Å². The van der Waals surface area contributed by atoms with Gasteiger partial charge in [-0.2, -0.15) is 0 Å². The summed E-state index contributed by atoms with van der Waals surface area (Å²) in [6.45, 7) is 1.46. The molecule has 2 aromatic rings. The third kappa shape index (κ3) is 5.89. The van der Waals surface area contributed by atoms with Crippen molar-refractivity contribution in [1.82, 2.24) is 0 Å². The topological polar surface area (TPSA) is 83.1 Å². The summed E-state index contributed by atoms with van der Waals surface area (Å²) < 4.78 is 20.8. The van der Waals surface area contributed by atoms with Crippen LogP contribution in [0.15, 0.2) is 42.5 Å². The van der Waals surface area contributed by atoms with Gasteiger partial charge in [-0.25, -0.2) is 4.79 Å². The molecule has 2 rings (SSSR count). The Morgan fingerprint density at radius 1 is 1.03 bits per heavy atom. The van der Waals surface area contributed by atoms with E-state index in [1.165, 1.54) is 40.4 Å². The molecule has 0 saturated carbocycles. The molecule has 0 spiro atoms. The summed E-state index contributed by atoms with van der Waals surface area (Å²) in [5.41, 5.74) is 1.01. The fraction of sp³-hybridized carbons (Fsp3) is 0.238. The highest BCUT2D eigenvalue weighted by molar-refractivity contribution is 6.31. The highest BCUT2D eigenvalue weighted by Crippen LogP contribution is 2.31. The Balaban J connectivity index is 2.03. The van der Waals surface area contributed by atoms with Crippen LogP contribution in [0, 0.1) is 0 Å². The fourth-order valence-corrected chi connectivity index (χ4v) is 2.65. The highest BCUT2D eigenvalue weighted by atomic mass is 35.5. The Kier molecular flexibility index (Phi) is 7.91. The molecule has 0 aliphatic rings. The maximum absolute atomic E-state index is 12.3. The number of hydrogen-bond acceptors (Lipinski definition) is 6. The SMILES string of the molecule is COc1ccc(Cl)cc1NC(=O)[C@H](C)OC(=O)/C=C/c1cccc(OC)c1OC. The standard InChI is InChI=1S/C21H22ClNO6/c1-13(21(25)23-16-12-15(22)9-10-17(16)26-2)29-19(24)11-8-14-6-5-7-18(27-3)20(14)28-4/h5-13H,1-4H3,(H,23,25)/b11-8+/t13-/m0/s1. The van der Waals surface area contributed by atoms with Gasteiger partial charge in [0.1, 0.15) is 5.75 Å². The molecule has 7 nitrogen and oxygen atoms in total. The number of ether oxygens (including phenoxy) is 4. The largest absolute Gasteiger partial charge is 0.495 e. The monoisotopic (exact) mass is 419 g/mol. The Labute approximate surface area is 174 Å². The quantitative estimate of drug-likeness (QED) is 0.515. The first-order chi connectivity index (χ1) is 13.9. The second-order valence-corrected chi connectivity index (χ2v) is 6.27. The van der Waals surface area contributed by atoms with Gasteiger partial charge in [0.05, 0.1) is 27.0 Å². The van der Waals surface area contributed by atoms with Crippen molar-refractivity contribution in [2.24, 2.45) is 0 Å². The lowest BCUT2D eigenvalue weighted by molar-refractivity contribution is -0.148. The average molecular weight is 420 g/mol. The molecule has 1 amide bonds. The minimum atomic E-state index is -1.04. The molecule has 0 radical (unpaired) electrons. The van der Waals surface area contributed by atoms with Crippen LogP contribution in [-0.2, 0) is 14.3 Å². The van der Waals surface area contributed by atoms with Crippen LogP contribution in [0.1, 0.15) is 12.5 Å². The van der Waals surface area contributed by atoms with E-state index in [1.54, 1.807) is 36.4 Å². The first-order valence-corrected chi connectivity index (χ1v) is 9.01. The Morgan fingerprint density at radius 2 is 1.76 bits per heavy atom. The molecule has 0 bridgehead atoms. The average Bonchev–Trinajstić information content (AvgIpc) is 2.71. The Bertz CT molecular complexity index is 912. The molecule has 1 N–H and O–H groups in total. The van der Waals surface area contributed by atoms with Gasteiger partial charge in [0, 0.05) is 16.7 Å². The smallest absolute Gasteiger partial charge is 0.331 e. The normalized spacial score (nSPS) is 11.6. The molecule has 2 aromatic carbocycles. The maximum atomic E-state index is 12.3. The van der Waals surface area contributed by atoms with Crippen molar-refractivity contribution in [3.8, 4) is 17.2 Å². The third-order valence-corrected chi connectivity index (χ3v) is 4.15. The van der Waals surface area contributed by atoms with Crippen molar-refractivity contribution < 1.29 is 28.5 Å². The van der Waals surface area contributed by atoms with Gasteiger partial charge in [0.15, 0.2) is 17.6 Å². The molecule has 8 heteroatoms. The van der Waals surface area contributed by atoms with Crippen LogP contribution in [-0.4, -0.2) is 39.3 Å². The minimum Gasteiger partial charge on any atom is -0.495 e. The Hall–Kier alpha value is -3.19. The summed E-state index contributed by atoms with van der Waals surface area (Å²) in [5.74, 6) is 0.247. The zero-order chi connectivity index (χ0) is 21.4. The molecule has 0 aromatic heterocycles. The van der Waals surface area contributed by atoms with E-state index < -0.39 is 18.0 Å². The van der Waals surface area contributed by atoms with E-state index in [2.05, 4.69) is 5.32 Å². The number of anilines is 1. The summed E-state index contributed by atoms with van der Waals surface area (Å²) in [6, 6.07) is 10.1. The molecular weight excluding hydrogens is 398 g/mol. The number of para-hydroxylation sites is 1. The number of esters is 1. The van der Waals surface area contributed by atoms with Gasteiger partial charge in [0.2, 0.25) is 0 Å². The molecule has 0 aliphatic heterocycles. The van der Waals surface area contributed by atoms with E-state index in [0.29, 0.717) is 33.5 Å². The number of carbonyl (C=O) groups excluding carboxylic acids is 2. The first-order valence-electron chi connectivity index (χ1n) is 8.63. The van der Waals surface area contributed by atoms with Crippen LogP contribution in [0.5, 0.6) is 17.2 Å². The lowest BCUT2D eigenvalue weighted by atomic mass is 10.1. The molecule has 0 aliphatic carbocycles. The van der Waals surface area contributed by atoms with Crippen molar-refractivity contribution >= 4 is 35.2 Å². The number of amides is 1. The molecule has 0 heterocycles. The number of methoxy groups -OCH3 is 3. The van der Waals surface area contributed by atoms with E-state index in [0.717, 1.165) is 0 Å². The van der Waals surface area contributed by atoms with E-state index in [-0.39, 0.29) is 0 Å².